The number of ether oxygens (including phenoxy) is 2. The fourth-order valence-electron chi connectivity index (χ4n) is 2.82. The van der Waals surface area contributed by atoms with Crippen LogP contribution in [0.15, 0.2) is 24.3 Å². The van der Waals surface area contributed by atoms with Gasteiger partial charge in [-0.3, -0.25) is 0 Å². The van der Waals surface area contributed by atoms with Gasteiger partial charge in [-0.25, -0.2) is 9.59 Å². The third-order valence-electron chi connectivity index (χ3n) is 4.79. The van der Waals surface area contributed by atoms with E-state index in [1.54, 1.807) is 24.3 Å². The largest absolute Gasteiger partial charge is 0.462 e. The second kappa shape index (κ2) is 20.4. The average Bonchev–Trinajstić information content (AvgIpc) is 2.77. The zero-order chi connectivity index (χ0) is 22.5. The van der Waals surface area contributed by atoms with Gasteiger partial charge in [0.1, 0.15) is 0 Å². The van der Waals surface area contributed by atoms with Crippen molar-refractivity contribution >= 4 is 11.9 Å². The quantitative estimate of drug-likeness (QED) is 0.215. The Hall–Kier alpha value is -1.84. The highest BCUT2D eigenvalue weighted by atomic mass is 16.5. The zero-order valence-corrected chi connectivity index (χ0v) is 19.8. The maximum Gasteiger partial charge on any atom is 0.339 e. The highest BCUT2D eigenvalue weighted by Gasteiger charge is 2.18. The lowest BCUT2D eigenvalue weighted by Gasteiger charge is -2.09. The van der Waals surface area contributed by atoms with Crippen LogP contribution in [0.2, 0.25) is 0 Å². The van der Waals surface area contributed by atoms with Crippen molar-refractivity contribution in [2.75, 3.05) is 13.2 Å². The molecule has 0 unspecified atom stereocenters. The van der Waals surface area contributed by atoms with Crippen LogP contribution < -0.4 is 0 Å². The number of rotatable bonds is 15. The molecule has 0 atom stereocenters. The lowest BCUT2D eigenvalue weighted by molar-refractivity contribution is 0.0452. The third-order valence-corrected chi connectivity index (χ3v) is 4.79. The molecule has 0 N–H and O–H groups in total. The van der Waals surface area contributed by atoms with E-state index in [-0.39, 0.29) is 11.1 Å². The van der Waals surface area contributed by atoms with E-state index in [2.05, 4.69) is 13.8 Å². The normalized spacial score (nSPS) is 10.1. The predicted octanol–water partition coefficient (Wildman–Crippen LogP) is 7.75. The summed E-state index contributed by atoms with van der Waals surface area (Å²) < 4.78 is 10.3. The molecule has 0 aliphatic carbocycles. The molecule has 0 aliphatic heterocycles. The lowest BCUT2D eigenvalue weighted by Crippen LogP contribution is -2.14. The summed E-state index contributed by atoms with van der Waals surface area (Å²) >= 11 is 0. The number of hydrogen-bond donors (Lipinski definition) is 0. The lowest BCUT2D eigenvalue weighted by atomic mass is 10.1. The molecule has 30 heavy (non-hydrogen) atoms. The van der Waals surface area contributed by atoms with Crippen LogP contribution in [0.3, 0.4) is 0 Å². The molecule has 4 nitrogen and oxygen atoms in total. The first-order valence-corrected chi connectivity index (χ1v) is 12.0. The van der Waals surface area contributed by atoms with E-state index in [4.69, 9.17) is 9.47 Å². The first kappa shape index (κ1) is 28.2. The Kier molecular flexibility index (Phi) is 19.2. The van der Waals surface area contributed by atoms with Crippen LogP contribution in [-0.4, -0.2) is 25.2 Å². The molecule has 0 spiro atoms. The van der Waals surface area contributed by atoms with Gasteiger partial charge in [0.2, 0.25) is 0 Å². The van der Waals surface area contributed by atoms with E-state index >= 15 is 0 Å². The molecule has 0 saturated heterocycles. The van der Waals surface area contributed by atoms with Crippen LogP contribution in [0.25, 0.3) is 0 Å². The van der Waals surface area contributed by atoms with Crippen LogP contribution in [0.1, 0.15) is 125 Å². The molecule has 1 aromatic rings. The molecule has 0 radical (unpaired) electrons. The van der Waals surface area contributed by atoms with E-state index in [0.29, 0.717) is 13.2 Å². The molecule has 0 heterocycles. The van der Waals surface area contributed by atoms with Crippen molar-refractivity contribution in [1.29, 1.82) is 0 Å². The molecule has 0 aliphatic rings. The van der Waals surface area contributed by atoms with Gasteiger partial charge in [-0.05, 0) is 25.0 Å². The summed E-state index contributed by atoms with van der Waals surface area (Å²) in [6.07, 6.45) is 15.0. The van der Waals surface area contributed by atoms with E-state index < -0.39 is 11.9 Å². The summed E-state index contributed by atoms with van der Waals surface area (Å²) in [5, 5.41) is 0. The minimum atomic E-state index is -0.471. The molecule has 0 amide bonds. The molecule has 0 saturated carbocycles. The first-order chi connectivity index (χ1) is 14.6. The van der Waals surface area contributed by atoms with Crippen LogP contribution in [0.5, 0.6) is 0 Å². The molecule has 0 bridgehead atoms. The summed E-state index contributed by atoms with van der Waals surface area (Å²) in [5.74, 6) is -0.942. The molecule has 4 heteroatoms. The summed E-state index contributed by atoms with van der Waals surface area (Å²) in [6, 6.07) is 6.59. The summed E-state index contributed by atoms with van der Waals surface area (Å²) in [6.45, 7) is 9.32. The van der Waals surface area contributed by atoms with Crippen LogP contribution in [-0.2, 0) is 9.47 Å². The van der Waals surface area contributed by atoms with Gasteiger partial charge in [-0.1, -0.05) is 104 Å². The number of benzene rings is 1. The average molecular weight is 421 g/mol. The summed E-state index contributed by atoms with van der Waals surface area (Å²) in [5.41, 5.74) is 0.537. The smallest absolute Gasteiger partial charge is 0.339 e. The maximum absolute atomic E-state index is 11.9. The van der Waals surface area contributed by atoms with Crippen molar-refractivity contribution in [3.8, 4) is 0 Å². The Morgan fingerprint density at radius 3 is 1.23 bits per heavy atom. The van der Waals surface area contributed by atoms with E-state index in [1.807, 2.05) is 13.8 Å². The standard InChI is InChI=1S/C16H22O4.C10H22/c1-3-5-11-19-15(17)13-9-7-8-10-14(13)16(18)20-12-6-4-2;1-3-5-7-9-10-8-6-4-2/h7-10H,3-6,11-12H2,1-2H3;3-10H2,1-2H3. The van der Waals surface area contributed by atoms with Crippen LogP contribution >= 0.6 is 0 Å². The third kappa shape index (κ3) is 14.2. The van der Waals surface area contributed by atoms with E-state index in [0.717, 1.165) is 25.7 Å². The maximum atomic E-state index is 11.9. The molecule has 0 fully saturated rings. The molecule has 0 aromatic heterocycles. The van der Waals surface area contributed by atoms with Crippen molar-refractivity contribution in [3.05, 3.63) is 35.4 Å². The van der Waals surface area contributed by atoms with Crippen LogP contribution in [0, 0.1) is 0 Å². The Bertz CT molecular complexity index is 505. The van der Waals surface area contributed by atoms with Crippen molar-refractivity contribution < 1.29 is 19.1 Å². The number of hydrogen-bond acceptors (Lipinski definition) is 4. The van der Waals surface area contributed by atoms with Gasteiger partial charge < -0.3 is 9.47 Å². The van der Waals surface area contributed by atoms with Gasteiger partial charge in [0, 0.05) is 0 Å². The summed E-state index contributed by atoms with van der Waals surface area (Å²) in [7, 11) is 0. The first-order valence-electron chi connectivity index (χ1n) is 12.0. The van der Waals surface area contributed by atoms with E-state index in [1.165, 1.54) is 51.4 Å². The zero-order valence-electron chi connectivity index (χ0n) is 19.8. The van der Waals surface area contributed by atoms with E-state index in [9.17, 15) is 9.59 Å². The Morgan fingerprint density at radius 1 is 0.567 bits per heavy atom. The van der Waals surface area contributed by atoms with Gasteiger partial charge >= 0.3 is 11.9 Å². The van der Waals surface area contributed by atoms with Crippen molar-refractivity contribution in [2.45, 2.75) is 105 Å². The highest BCUT2D eigenvalue weighted by molar-refractivity contribution is 6.03. The van der Waals surface area contributed by atoms with Gasteiger partial charge in [-0.2, -0.15) is 0 Å². The summed E-state index contributed by atoms with van der Waals surface area (Å²) in [4.78, 5) is 23.9. The second-order valence-electron chi connectivity index (χ2n) is 7.65. The second-order valence-corrected chi connectivity index (χ2v) is 7.65. The predicted molar refractivity (Wildman–Crippen MR) is 125 cm³/mol. The number of esters is 2. The monoisotopic (exact) mass is 420 g/mol. The van der Waals surface area contributed by atoms with Gasteiger partial charge in [0.05, 0.1) is 24.3 Å². The molecular formula is C26H44O4. The molecule has 1 aromatic carbocycles. The molecule has 172 valence electrons. The topological polar surface area (TPSA) is 52.6 Å². The van der Waals surface area contributed by atoms with Gasteiger partial charge in [0.15, 0.2) is 0 Å². The highest BCUT2D eigenvalue weighted by Crippen LogP contribution is 2.13. The number of carbonyl (C=O) groups is 2. The van der Waals surface area contributed by atoms with Crippen molar-refractivity contribution in [3.63, 3.8) is 0 Å². The number of unbranched alkanes of at least 4 members (excludes halogenated alkanes) is 9. The van der Waals surface area contributed by atoms with Crippen molar-refractivity contribution in [2.24, 2.45) is 0 Å². The minimum Gasteiger partial charge on any atom is -0.462 e. The Morgan fingerprint density at radius 2 is 0.900 bits per heavy atom. The fourth-order valence-corrected chi connectivity index (χ4v) is 2.82. The molecule has 1 rings (SSSR count). The van der Waals surface area contributed by atoms with Gasteiger partial charge in [0.25, 0.3) is 0 Å². The SMILES string of the molecule is CCCCCCCCCC.CCCCOC(=O)c1ccccc1C(=O)OCCCC. The Balaban J connectivity index is 0.000000710. The van der Waals surface area contributed by atoms with Gasteiger partial charge in [-0.15, -0.1) is 0 Å². The van der Waals surface area contributed by atoms with Crippen LogP contribution in [0.4, 0.5) is 0 Å². The minimum absolute atomic E-state index is 0.269. The van der Waals surface area contributed by atoms with Crippen molar-refractivity contribution in [1.82, 2.24) is 0 Å². The Labute approximate surface area is 184 Å². The molecular weight excluding hydrogens is 376 g/mol. The fraction of sp³-hybridized carbons (Fsp3) is 0.692. The number of carbonyl (C=O) groups excluding carboxylic acids is 2.